The first-order valence-corrected chi connectivity index (χ1v) is 12.4. The summed E-state index contributed by atoms with van der Waals surface area (Å²) in [6, 6.07) is 19.7. The molecule has 0 saturated heterocycles. The highest BCUT2D eigenvalue weighted by Gasteiger charge is 2.14. The molecule has 34 heavy (non-hydrogen) atoms. The standard InChI is InChI=1S/C27H28Br2N2O3/c1-27(2,3)21-9-5-18(6-10-21)15-25(32)31-30-16-20-13-23(29)26(24(14-20)33-4)34-17-19-7-11-22(28)12-8-19/h5-14,16H,15,17H2,1-4H3,(H,31,32)/b30-16-. The van der Waals surface area contributed by atoms with E-state index in [9.17, 15) is 4.79 Å². The van der Waals surface area contributed by atoms with Crippen LogP contribution in [0.15, 0.2) is 74.7 Å². The van der Waals surface area contributed by atoms with Crippen molar-refractivity contribution in [3.05, 3.63) is 91.9 Å². The molecule has 0 aromatic heterocycles. The van der Waals surface area contributed by atoms with E-state index in [1.165, 1.54) is 5.56 Å². The van der Waals surface area contributed by atoms with E-state index in [0.29, 0.717) is 18.1 Å². The van der Waals surface area contributed by atoms with Crippen LogP contribution in [-0.4, -0.2) is 19.2 Å². The van der Waals surface area contributed by atoms with Crippen LogP contribution in [0, 0.1) is 0 Å². The van der Waals surface area contributed by atoms with Crippen LogP contribution >= 0.6 is 31.9 Å². The Kier molecular flexibility index (Phi) is 8.91. The summed E-state index contributed by atoms with van der Waals surface area (Å²) < 4.78 is 13.2. The van der Waals surface area contributed by atoms with Gasteiger partial charge in [0.1, 0.15) is 6.61 Å². The Morgan fingerprint density at radius 3 is 2.26 bits per heavy atom. The Morgan fingerprint density at radius 1 is 1.00 bits per heavy atom. The van der Waals surface area contributed by atoms with Crippen LogP contribution in [0.3, 0.4) is 0 Å². The number of amides is 1. The van der Waals surface area contributed by atoms with Crippen LogP contribution in [0.2, 0.25) is 0 Å². The minimum absolute atomic E-state index is 0.0833. The fourth-order valence-electron chi connectivity index (χ4n) is 3.22. The molecule has 3 aromatic rings. The maximum Gasteiger partial charge on any atom is 0.244 e. The SMILES string of the molecule is COc1cc(/C=N\NC(=O)Cc2ccc(C(C)(C)C)cc2)cc(Br)c1OCc1ccc(Br)cc1. The molecular weight excluding hydrogens is 560 g/mol. The van der Waals surface area contributed by atoms with Crippen molar-refractivity contribution in [2.45, 2.75) is 39.2 Å². The molecule has 0 fully saturated rings. The normalized spacial score (nSPS) is 11.5. The van der Waals surface area contributed by atoms with E-state index in [1.807, 2.05) is 48.5 Å². The summed E-state index contributed by atoms with van der Waals surface area (Å²) in [5.74, 6) is 0.990. The lowest BCUT2D eigenvalue weighted by Crippen LogP contribution is -2.20. The Morgan fingerprint density at radius 2 is 1.65 bits per heavy atom. The van der Waals surface area contributed by atoms with E-state index in [2.05, 4.69) is 75.3 Å². The maximum absolute atomic E-state index is 12.3. The van der Waals surface area contributed by atoms with Crippen molar-refractivity contribution < 1.29 is 14.3 Å². The van der Waals surface area contributed by atoms with Gasteiger partial charge in [-0.1, -0.05) is 73.1 Å². The fraction of sp³-hybridized carbons (Fsp3) is 0.259. The summed E-state index contributed by atoms with van der Waals surface area (Å²) in [5, 5.41) is 4.10. The minimum Gasteiger partial charge on any atom is -0.493 e. The summed E-state index contributed by atoms with van der Waals surface area (Å²) in [4.78, 5) is 12.3. The van der Waals surface area contributed by atoms with E-state index in [1.54, 1.807) is 13.3 Å². The van der Waals surface area contributed by atoms with Gasteiger partial charge in [-0.3, -0.25) is 4.79 Å². The van der Waals surface area contributed by atoms with Crippen molar-refractivity contribution in [1.29, 1.82) is 0 Å². The number of ether oxygens (including phenoxy) is 2. The van der Waals surface area contributed by atoms with Gasteiger partial charge in [0, 0.05) is 4.47 Å². The zero-order valence-corrected chi connectivity index (χ0v) is 22.9. The topological polar surface area (TPSA) is 59.9 Å². The first-order valence-electron chi connectivity index (χ1n) is 10.8. The molecule has 0 heterocycles. The Bertz CT molecular complexity index is 1150. The van der Waals surface area contributed by atoms with Crippen molar-refractivity contribution in [3.8, 4) is 11.5 Å². The summed E-state index contributed by atoms with van der Waals surface area (Å²) in [6.45, 7) is 6.90. The highest BCUT2D eigenvalue weighted by molar-refractivity contribution is 9.10. The number of rotatable bonds is 8. The monoisotopic (exact) mass is 586 g/mol. The molecule has 5 nitrogen and oxygen atoms in total. The summed E-state index contributed by atoms with van der Waals surface area (Å²) in [6.07, 6.45) is 1.84. The number of nitrogens with zero attached hydrogens (tertiary/aromatic N) is 1. The van der Waals surface area contributed by atoms with Gasteiger partial charge in [0.05, 0.1) is 24.2 Å². The first-order chi connectivity index (χ1) is 16.2. The molecule has 0 aliphatic carbocycles. The van der Waals surface area contributed by atoms with E-state index < -0.39 is 0 Å². The van der Waals surface area contributed by atoms with Gasteiger partial charge in [0.15, 0.2) is 11.5 Å². The number of hydrazone groups is 1. The van der Waals surface area contributed by atoms with Gasteiger partial charge in [-0.05, 0) is 67.9 Å². The molecule has 7 heteroatoms. The number of nitrogens with one attached hydrogen (secondary N) is 1. The van der Waals surface area contributed by atoms with Gasteiger partial charge < -0.3 is 9.47 Å². The number of methoxy groups -OCH3 is 1. The Labute approximate surface area is 217 Å². The third-order valence-electron chi connectivity index (χ3n) is 5.14. The van der Waals surface area contributed by atoms with E-state index in [4.69, 9.17) is 9.47 Å². The minimum atomic E-state index is -0.180. The predicted octanol–water partition coefficient (Wildman–Crippen LogP) is 6.79. The smallest absolute Gasteiger partial charge is 0.244 e. The molecule has 0 radical (unpaired) electrons. The molecular formula is C27H28Br2N2O3. The van der Waals surface area contributed by atoms with Gasteiger partial charge in [0.25, 0.3) is 0 Å². The fourth-order valence-corrected chi connectivity index (χ4v) is 4.06. The van der Waals surface area contributed by atoms with E-state index in [0.717, 1.165) is 25.6 Å². The number of hydrogen-bond acceptors (Lipinski definition) is 4. The molecule has 178 valence electrons. The molecule has 3 rings (SSSR count). The second-order valence-electron chi connectivity index (χ2n) is 8.87. The maximum atomic E-state index is 12.3. The molecule has 0 unspecified atom stereocenters. The third kappa shape index (κ3) is 7.43. The molecule has 0 bridgehead atoms. The van der Waals surface area contributed by atoms with Gasteiger partial charge in [-0.25, -0.2) is 5.43 Å². The second kappa shape index (κ2) is 11.7. The van der Waals surface area contributed by atoms with Crippen molar-refractivity contribution in [2.24, 2.45) is 5.10 Å². The summed E-state index contributed by atoms with van der Waals surface area (Å²) in [5.41, 5.74) is 6.65. The van der Waals surface area contributed by atoms with E-state index in [-0.39, 0.29) is 17.7 Å². The van der Waals surface area contributed by atoms with Crippen LogP contribution < -0.4 is 14.9 Å². The average molecular weight is 588 g/mol. The largest absolute Gasteiger partial charge is 0.493 e. The van der Waals surface area contributed by atoms with Gasteiger partial charge in [-0.15, -0.1) is 0 Å². The zero-order valence-electron chi connectivity index (χ0n) is 19.7. The highest BCUT2D eigenvalue weighted by Crippen LogP contribution is 2.37. The molecule has 0 atom stereocenters. The van der Waals surface area contributed by atoms with Crippen molar-refractivity contribution in [2.75, 3.05) is 7.11 Å². The Hall–Kier alpha value is -2.64. The number of hydrogen-bond donors (Lipinski definition) is 1. The predicted molar refractivity (Wildman–Crippen MR) is 144 cm³/mol. The van der Waals surface area contributed by atoms with Crippen molar-refractivity contribution in [1.82, 2.24) is 5.43 Å². The van der Waals surface area contributed by atoms with Crippen LogP contribution in [0.4, 0.5) is 0 Å². The van der Waals surface area contributed by atoms with Crippen molar-refractivity contribution in [3.63, 3.8) is 0 Å². The van der Waals surface area contributed by atoms with Crippen LogP contribution in [0.25, 0.3) is 0 Å². The summed E-state index contributed by atoms with van der Waals surface area (Å²) >= 11 is 6.98. The average Bonchev–Trinajstić information content (AvgIpc) is 2.79. The molecule has 1 amide bonds. The van der Waals surface area contributed by atoms with Gasteiger partial charge >= 0.3 is 0 Å². The van der Waals surface area contributed by atoms with Gasteiger partial charge in [0.2, 0.25) is 5.91 Å². The zero-order chi connectivity index (χ0) is 24.7. The van der Waals surface area contributed by atoms with Crippen LogP contribution in [0.1, 0.15) is 43.0 Å². The van der Waals surface area contributed by atoms with Gasteiger partial charge in [-0.2, -0.15) is 5.10 Å². The number of benzene rings is 3. The lowest BCUT2D eigenvalue weighted by molar-refractivity contribution is -0.120. The molecule has 0 aliphatic heterocycles. The van der Waals surface area contributed by atoms with Crippen LogP contribution in [-0.2, 0) is 23.2 Å². The second-order valence-corrected chi connectivity index (χ2v) is 10.6. The van der Waals surface area contributed by atoms with E-state index >= 15 is 0 Å². The quantitative estimate of drug-likeness (QED) is 0.233. The first kappa shape index (κ1) is 26.0. The number of carbonyl (C=O) groups is 1. The van der Waals surface area contributed by atoms with Crippen molar-refractivity contribution >= 4 is 44.0 Å². The molecule has 3 aromatic carbocycles. The third-order valence-corrected chi connectivity index (χ3v) is 6.25. The highest BCUT2D eigenvalue weighted by atomic mass is 79.9. The summed E-state index contributed by atoms with van der Waals surface area (Å²) in [7, 11) is 1.59. The van der Waals surface area contributed by atoms with Crippen LogP contribution in [0.5, 0.6) is 11.5 Å². The molecule has 0 aliphatic rings. The lowest BCUT2D eigenvalue weighted by atomic mass is 9.86. The molecule has 1 N–H and O–H groups in total. The lowest BCUT2D eigenvalue weighted by Gasteiger charge is -2.19. The molecule has 0 saturated carbocycles. The Balaban J connectivity index is 1.60. The molecule has 0 spiro atoms. The number of halogens is 2. The number of carbonyl (C=O) groups excluding carboxylic acids is 1.